The minimum Gasteiger partial charge on any atom is -0.322 e. The van der Waals surface area contributed by atoms with Gasteiger partial charge in [-0.05, 0) is 41.5 Å². The number of hydrogen-bond donors (Lipinski definition) is 2. The maximum atomic E-state index is 13.7. The molecule has 0 bridgehead atoms. The van der Waals surface area contributed by atoms with Gasteiger partial charge in [-0.1, -0.05) is 0 Å². The molecular formula is C11H11FN6O. The van der Waals surface area contributed by atoms with E-state index in [0.717, 1.165) is 0 Å². The largest absolute Gasteiger partial charge is 0.322 e. The number of amides is 1. The third-order valence-corrected chi connectivity index (χ3v) is 3.05. The summed E-state index contributed by atoms with van der Waals surface area (Å²) in [6, 6.07) is 4.20. The van der Waals surface area contributed by atoms with E-state index >= 15 is 0 Å². The second-order valence-electron chi connectivity index (χ2n) is 4.53. The van der Waals surface area contributed by atoms with E-state index in [1.54, 1.807) is 0 Å². The summed E-state index contributed by atoms with van der Waals surface area (Å²) >= 11 is 0. The van der Waals surface area contributed by atoms with Gasteiger partial charge in [0.25, 0.3) is 0 Å². The molecule has 7 nitrogen and oxygen atoms in total. The minimum atomic E-state index is -0.850. The molecule has 1 aliphatic rings. The topological polar surface area (TPSA) is 98.7 Å². The molecular weight excluding hydrogens is 251 g/mol. The van der Waals surface area contributed by atoms with Gasteiger partial charge in [-0.15, -0.1) is 5.10 Å². The summed E-state index contributed by atoms with van der Waals surface area (Å²) in [5, 5.41) is 13.2. The number of tetrazole rings is 1. The van der Waals surface area contributed by atoms with Gasteiger partial charge in [0.05, 0.1) is 16.9 Å². The smallest absolute Gasteiger partial charge is 0.244 e. The fraction of sp³-hybridized carbons (Fsp3) is 0.273. The van der Waals surface area contributed by atoms with Gasteiger partial charge < -0.3 is 11.1 Å². The van der Waals surface area contributed by atoms with Crippen LogP contribution >= 0.6 is 0 Å². The van der Waals surface area contributed by atoms with Crippen LogP contribution in [0.2, 0.25) is 0 Å². The first-order valence-corrected chi connectivity index (χ1v) is 5.72. The summed E-state index contributed by atoms with van der Waals surface area (Å²) < 4.78 is 15.0. The van der Waals surface area contributed by atoms with Gasteiger partial charge in [0, 0.05) is 0 Å². The first-order chi connectivity index (χ1) is 9.08. The molecule has 1 fully saturated rings. The average molecular weight is 262 g/mol. The fourth-order valence-corrected chi connectivity index (χ4v) is 1.64. The molecule has 1 aliphatic carbocycles. The molecule has 3 N–H and O–H groups in total. The van der Waals surface area contributed by atoms with Crippen LogP contribution in [-0.4, -0.2) is 31.7 Å². The molecule has 0 radical (unpaired) electrons. The predicted molar refractivity (Wildman–Crippen MR) is 63.9 cm³/mol. The summed E-state index contributed by atoms with van der Waals surface area (Å²) in [6.07, 6.45) is 2.62. The van der Waals surface area contributed by atoms with Crippen molar-refractivity contribution in [2.75, 3.05) is 5.32 Å². The van der Waals surface area contributed by atoms with Crippen LogP contribution in [0.25, 0.3) is 5.69 Å². The summed E-state index contributed by atoms with van der Waals surface area (Å²) in [6.45, 7) is 0. The maximum Gasteiger partial charge on any atom is 0.244 e. The van der Waals surface area contributed by atoms with Crippen molar-refractivity contribution in [2.45, 2.75) is 18.4 Å². The number of hydrogen-bond acceptors (Lipinski definition) is 5. The number of rotatable bonds is 3. The van der Waals surface area contributed by atoms with E-state index in [1.165, 1.54) is 29.2 Å². The monoisotopic (exact) mass is 262 g/mol. The molecule has 1 aromatic carbocycles. The quantitative estimate of drug-likeness (QED) is 0.825. The van der Waals surface area contributed by atoms with E-state index in [9.17, 15) is 9.18 Å². The lowest BCUT2D eigenvalue weighted by molar-refractivity contribution is -0.118. The van der Waals surface area contributed by atoms with E-state index in [4.69, 9.17) is 5.73 Å². The summed E-state index contributed by atoms with van der Waals surface area (Å²) in [7, 11) is 0. The van der Waals surface area contributed by atoms with Crippen LogP contribution in [0, 0.1) is 5.82 Å². The molecule has 8 heteroatoms. The summed E-state index contributed by atoms with van der Waals surface area (Å²) in [4.78, 5) is 11.8. The summed E-state index contributed by atoms with van der Waals surface area (Å²) in [5.41, 5.74) is 5.51. The van der Waals surface area contributed by atoms with E-state index in [1.807, 2.05) is 0 Å². The molecule has 98 valence electrons. The Balaban J connectivity index is 1.88. The third-order valence-electron chi connectivity index (χ3n) is 3.05. The Bertz CT molecular complexity index is 622. The highest BCUT2D eigenvalue weighted by Crippen LogP contribution is 2.33. The number of halogens is 1. The van der Waals surface area contributed by atoms with Crippen molar-refractivity contribution in [3.8, 4) is 5.69 Å². The Morgan fingerprint density at radius 2 is 2.26 bits per heavy atom. The lowest BCUT2D eigenvalue weighted by atomic mass is 10.2. The highest BCUT2D eigenvalue weighted by Gasteiger charge is 2.46. The SMILES string of the molecule is NC1(C(=O)Nc2cc(-n3cnnn3)ccc2F)CC1. The van der Waals surface area contributed by atoms with Crippen molar-refractivity contribution in [3.05, 3.63) is 30.3 Å². The normalized spacial score (nSPS) is 16.1. The van der Waals surface area contributed by atoms with Crippen LogP contribution in [0.3, 0.4) is 0 Å². The van der Waals surface area contributed by atoms with Gasteiger partial charge >= 0.3 is 0 Å². The first kappa shape index (κ1) is 11.7. The predicted octanol–water partition coefficient (Wildman–Crippen LogP) is 0.231. The average Bonchev–Trinajstić information content (AvgIpc) is 2.94. The lowest BCUT2D eigenvalue weighted by Crippen LogP contribution is -2.38. The molecule has 0 spiro atoms. The molecule has 0 aliphatic heterocycles. The van der Waals surface area contributed by atoms with Gasteiger partial charge in [-0.25, -0.2) is 9.07 Å². The maximum absolute atomic E-state index is 13.7. The standard InChI is InChI=1S/C11H11FN6O/c12-8-2-1-7(18-6-14-16-17-18)5-9(8)15-10(19)11(13)3-4-11/h1-2,5-6H,3-4,13H2,(H,15,19). The van der Waals surface area contributed by atoms with Crippen LogP contribution in [0.1, 0.15) is 12.8 Å². The molecule has 1 aromatic heterocycles. The van der Waals surface area contributed by atoms with Crippen molar-refractivity contribution in [1.29, 1.82) is 0 Å². The van der Waals surface area contributed by atoms with Gasteiger partial charge in [0.1, 0.15) is 12.1 Å². The lowest BCUT2D eigenvalue weighted by Gasteiger charge is -2.11. The van der Waals surface area contributed by atoms with Crippen LogP contribution in [0.15, 0.2) is 24.5 Å². The van der Waals surface area contributed by atoms with Crippen LogP contribution in [0.5, 0.6) is 0 Å². The zero-order chi connectivity index (χ0) is 13.5. The zero-order valence-electron chi connectivity index (χ0n) is 9.88. The molecule has 1 saturated carbocycles. The summed E-state index contributed by atoms with van der Waals surface area (Å²) in [5.74, 6) is -0.908. The first-order valence-electron chi connectivity index (χ1n) is 5.72. The number of nitrogens with one attached hydrogen (secondary N) is 1. The Morgan fingerprint density at radius 1 is 1.47 bits per heavy atom. The zero-order valence-corrected chi connectivity index (χ0v) is 9.88. The van der Waals surface area contributed by atoms with Gasteiger partial charge in [0.2, 0.25) is 5.91 Å². The minimum absolute atomic E-state index is 0.0646. The second-order valence-corrected chi connectivity index (χ2v) is 4.53. The number of aromatic nitrogens is 4. The highest BCUT2D eigenvalue weighted by molar-refractivity contribution is 6.00. The number of anilines is 1. The molecule has 0 saturated heterocycles. The van der Waals surface area contributed by atoms with E-state index in [2.05, 4.69) is 20.8 Å². The van der Waals surface area contributed by atoms with Crippen molar-refractivity contribution < 1.29 is 9.18 Å². The van der Waals surface area contributed by atoms with Crippen molar-refractivity contribution >= 4 is 11.6 Å². The molecule has 1 heterocycles. The van der Waals surface area contributed by atoms with Gasteiger partial charge in [0.15, 0.2) is 0 Å². The van der Waals surface area contributed by atoms with Crippen molar-refractivity contribution in [2.24, 2.45) is 5.73 Å². The number of carbonyl (C=O) groups is 1. The molecule has 0 unspecified atom stereocenters. The molecule has 2 aromatic rings. The van der Waals surface area contributed by atoms with Crippen molar-refractivity contribution in [3.63, 3.8) is 0 Å². The number of benzene rings is 1. The third kappa shape index (κ3) is 2.17. The Kier molecular flexibility index (Phi) is 2.53. The molecule has 0 atom stereocenters. The number of nitrogens with zero attached hydrogens (tertiary/aromatic N) is 4. The Hall–Kier alpha value is -2.35. The van der Waals surface area contributed by atoms with Crippen LogP contribution < -0.4 is 11.1 Å². The Labute approximate surface area is 107 Å². The molecule has 19 heavy (non-hydrogen) atoms. The fourth-order valence-electron chi connectivity index (χ4n) is 1.64. The van der Waals surface area contributed by atoms with Crippen LogP contribution in [-0.2, 0) is 4.79 Å². The molecule has 1 amide bonds. The second kappa shape index (κ2) is 4.09. The van der Waals surface area contributed by atoms with E-state index in [0.29, 0.717) is 18.5 Å². The highest BCUT2D eigenvalue weighted by atomic mass is 19.1. The molecule has 3 rings (SSSR count). The van der Waals surface area contributed by atoms with Gasteiger partial charge in [-0.2, -0.15) is 0 Å². The van der Waals surface area contributed by atoms with E-state index < -0.39 is 11.4 Å². The van der Waals surface area contributed by atoms with Crippen LogP contribution in [0.4, 0.5) is 10.1 Å². The van der Waals surface area contributed by atoms with Gasteiger partial charge in [-0.3, -0.25) is 4.79 Å². The number of carbonyl (C=O) groups excluding carboxylic acids is 1. The number of nitrogens with two attached hydrogens (primary N) is 1. The van der Waals surface area contributed by atoms with Crippen molar-refractivity contribution in [1.82, 2.24) is 20.2 Å². The van der Waals surface area contributed by atoms with E-state index in [-0.39, 0.29) is 11.6 Å². The Morgan fingerprint density at radius 3 is 2.89 bits per heavy atom.